The van der Waals surface area contributed by atoms with Crippen LogP contribution in [0.5, 0.6) is 0 Å². The lowest BCUT2D eigenvalue weighted by Gasteiger charge is -2.13. The van der Waals surface area contributed by atoms with Crippen LogP contribution < -0.4 is 0 Å². The van der Waals surface area contributed by atoms with Crippen molar-refractivity contribution in [3.63, 3.8) is 0 Å². The zero-order valence-electron chi connectivity index (χ0n) is 14.1. The highest BCUT2D eigenvalue weighted by molar-refractivity contribution is 7.90. The maximum absolute atomic E-state index is 12.9. The minimum absolute atomic E-state index is 0.167. The number of sulfone groups is 1. The third-order valence-electron chi connectivity index (χ3n) is 3.78. The summed E-state index contributed by atoms with van der Waals surface area (Å²) >= 11 is 0. The monoisotopic (exact) mass is 390 g/mol. The fourth-order valence-corrected chi connectivity index (χ4v) is 3.19. The van der Waals surface area contributed by atoms with Crippen LogP contribution in [0.3, 0.4) is 0 Å². The van der Waals surface area contributed by atoms with Crippen LogP contribution >= 0.6 is 0 Å². The minimum Gasteiger partial charge on any atom is -0.501 e. The van der Waals surface area contributed by atoms with Crippen LogP contribution in [0.15, 0.2) is 34.9 Å². The van der Waals surface area contributed by atoms with Gasteiger partial charge in [0.1, 0.15) is 5.57 Å². The van der Waals surface area contributed by atoms with Gasteiger partial charge in [-0.2, -0.15) is 13.2 Å². The standard InChI is InChI=1S/C17H17F3O5S/c1-3-25-9-13(15(21)10-4-5-10)16(22)12-7-6-11(17(18,19)20)8-14(12)26(2,23)24/h6-10H,3-5H2,1-2H3/b13-9-. The van der Waals surface area contributed by atoms with Crippen molar-refractivity contribution in [2.24, 2.45) is 5.92 Å². The molecule has 0 radical (unpaired) electrons. The Balaban J connectivity index is 2.57. The third kappa shape index (κ3) is 4.51. The van der Waals surface area contributed by atoms with Crippen LogP contribution in [0.4, 0.5) is 13.2 Å². The number of alkyl halides is 3. The van der Waals surface area contributed by atoms with E-state index >= 15 is 0 Å². The van der Waals surface area contributed by atoms with E-state index in [9.17, 15) is 31.2 Å². The Bertz CT molecular complexity index is 865. The molecule has 1 aliphatic rings. The molecular weight excluding hydrogens is 373 g/mol. The van der Waals surface area contributed by atoms with Gasteiger partial charge in [0.2, 0.25) is 5.78 Å². The number of carbonyl (C=O) groups is 2. The number of allylic oxidation sites excluding steroid dienone is 1. The fraction of sp³-hybridized carbons (Fsp3) is 0.412. The molecule has 9 heteroatoms. The summed E-state index contributed by atoms with van der Waals surface area (Å²) in [6, 6.07) is 1.80. The van der Waals surface area contributed by atoms with Gasteiger partial charge in [0.05, 0.1) is 23.3 Å². The molecule has 0 spiro atoms. The zero-order valence-corrected chi connectivity index (χ0v) is 14.9. The topological polar surface area (TPSA) is 77.5 Å². The van der Waals surface area contributed by atoms with Crippen LogP contribution in [0.1, 0.15) is 35.7 Å². The van der Waals surface area contributed by atoms with Gasteiger partial charge in [0, 0.05) is 17.7 Å². The van der Waals surface area contributed by atoms with E-state index in [0.717, 1.165) is 12.3 Å². The van der Waals surface area contributed by atoms with E-state index in [0.29, 0.717) is 31.2 Å². The van der Waals surface area contributed by atoms with E-state index < -0.39 is 43.6 Å². The Kier molecular flexibility index (Phi) is 5.60. The Labute approximate surface area is 148 Å². The molecule has 0 unspecified atom stereocenters. The number of hydrogen-bond donors (Lipinski definition) is 0. The summed E-state index contributed by atoms with van der Waals surface area (Å²) < 4.78 is 67.6. The first-order valence-corrected chi connectivity index (χ1v) is 9.68. The second kappa shape index (κ2) is 7.22. The average Bonchev–Trinajstić information content (AvgIpc) is 3.37. The van der Waals surface area contributed by atoms with Gasteiger partial charge >= 0.3 is 6.18 Å². The lowest BCUT2D eigenvalue weighted by molar-refractivity contribution is -0.137. The third-order valence-corrected chi connectivity index (χ3v) is 4.92. The largest absolute Gasteiger partial charge is 0.501 e. The summed E-state index contributed by atoms with van der Waals surface area (Å²) in [4.78, 5) is 24.3. The lowest BCUT2D eigenvalue weighted by atomic mass is 9.97. The zero-order chi connectivity index (χ0) is 19.7. The van der Waals surface area contributed by atoms with Crippen LogP contribution in [0.2, 0.25) is 0 Å². The van der Waals surface area contributed by atoms with Crippen molar-refractivity contribution in [3.8, 4) is 0 Å². The van der Waals surface area contributed by atoms with Crippen molar-refractivity contribution in [3.05, 3.63) is 41.2 Å². The summed E-state index contributed by atoms with van der Waals surface area (Å²) in [7, 11) is -4.15. The molecular formula is C17H17F3O5S. The molecule has 5 nitrogen and oxygen atoms in total. The van der Waals surface area contributed by atoms with Gasteiger partial charge in [-0.25, -0.2) is 8.42 Å². The van der Waals surface area contributed by atoms with Gasteiger partial charge < -0.3 is 4.74 Å². The highest BCUT2D eigenvalue weighted by Crippen LogP contribution is 2.35. The fourth-order valence-electron chi connectivity index (χ4n) is 2.29. The first-order valence-electron chi connectivity index (χ1n) is 7.78. The number of Topliss-reactive ketones (excluding diaryl/α,β-unsaturated/α-hetero) is 2. The highest BCUT2D eigenvalue weighted by atomic mass is 32.2. The van der Waals surface area contributed by atoms with Crippen molar-refractivity contribution in [2.45, 2.75) is 30.8 Å². The molecule has 0 aliphatic heterocycles. The molecule has 1 aromatic rings. The van der Waals surface area contributed by atoms with Gasteiger partial charge in [-0.3, -0.25) is 9.59 Å². The number of ketones is 2. The molecule has 0 N–H and O–H groups in total. The summed E-state index contributed by atoms with van der Waals surface area (Å²) in [5.41, 5.74) is -2.04. The second-order valence-electron chi connectivity index (χ2n) is 5.94. The molecule has 0 aromatic heterocycles. The highest BCUT2D eigenvalue weighted by Gasteiger charge is 2.37. The van der Waals surface area contributed by atoms with Crippen LogP contribution in [-0.2, 0) is 25.5 Å². The van der Waals surface area contributed by atoms with E-state index in [1.807, 2.05) is 0 Å². The number of hydrogen-bond acceptors (Lipinski definition) is 5. The van der Waals surface area contributed by atoms with Crippen molar-refractivity contribution in [2.75, 3.05) is 12.9 Å². The van der Waals surface area contributed by atoms with E-state index in [2.05, 4.69) is 0 Å². The van der Waals surface area contributed by atoms with Crippen molar-refractivity contribution in [1.82, 2.24) is 0 Å². The van der Waals surface area contributed by atoms with Crippen molar-refractivity contribution in [1.29, 1.82) is 0 Å². The molecule has 0 atom stereocenters. The van der Waals surface area contributed by atoms with Crippen molar-refractivity contribution < 1.29 is 35.9 Å². The van der Waals surface area contributed by atoms with Gasteiger partial charge in [0.15, 0.2) is 15.6 Å². The molecule has 1 saturated carbocycles. The average molecular weight is 390 g/mol. The summed E-state index contributed by atoms with van der Waals surface area (Å²) in [6.07, 6.45) is -1.92. The normalized spacial score (nSPS) is 15.7. The van der Waals surface area contributed by atoms with E-state index in [-0.39, 0.29) is 18.1 Å². The van der Waals surface area contributed by atoms with Crippen LogP contribution in [0.25, 0.3) is 0 Å². The Morgan fingerprint density at radius 1 is 1.27 bits per heavy atom. The Morgan fingerprint density at radius 3 is 2.35 bits per heavy atom. The number of rotatable bonds is 7. The summed E-state index contributed by atoms with van der Waals surface area (Å²) in [6.45, 7) is 1.79. The first kappa shape index (κ1) is 20.2. The summed E-state index contributed by atoms with van der Waals surface area (Å²) in [5, 5.41) is 0. The van der Waals surface area contributed by atoms with Gasteiger partial charge in [0.25, 0.3) is 0 Å². The van der Waals surface area contributed by atoms with Crippen LogP contribution in [0, 0.1) is 5.92 Å². The number of halogens is 3. The molecule has 2 rings (SSSR count). The molecule has 1 aromatic carbocycles. The molecule has 0 saturated heterocycles. The number of ether oxygens (including phenoxy) is 1. The molecule has 1 fully saturated rings. The second-order valence-corrected chi connectivity index (χ2v) is 7.92. The SMILES string of the molecule is CCO/C=C(\C(=O)c1ccc(C(F)(F)F)cc1S(C)(=O)=O)C(=O)C1CC1. The van der Waals surface area contributed by atoms with Gasteiger partial charge in [-0.05, 0) is 38.0 Å². The smallest absolute Gasteiger partial charge is 0.416 e. The molecule has 0 bridgehead atoms. The van der Waals surface area contributed by atoms with E-state index in [1.54, 1.807) is 6.92 Å². The maximum atomic E-state index is 12.9. The Hall–Kier alpha value is -2.16. The van der Waals surface area contributed by atoms with Gasteiger partial charge in [-0.1, -0.05) is 0 Å². The Morgan fingerprint density at radius 2 is 1.88 bits per heavy atom. The molecule has 0 amide bonds. The molecule has 1 aliphatic carbocycles. The minimum atomic E-state index is -4.77. The van der Waals surface area contributed by atoms with Gasteiger partial charge in [-0.15, -0.1) is 0 Å². The number of benzene rings is 1. The molecule has 142 valence electrons. The lowest BCUT2D eigenvalue weighted by Crippen LogP contribution is -2.19. The predicted molar refractivity (Wildman–Crippen MR) is 86.3 cm³/mol. The first-order chi connectivity index (χ1) is 12.0. The van der Waals surface area contributed by atoms with E-state index in [1.165, 1.54) is 0 Å². The number of carbonyl (C=O) groups excluding carboxylic acids is 2. The van der Waals surface area contributed by atoms with Crippen molar-refractivity contribution >= 4 is 21.4 Å². The predicted octanol–water partition coefficient (Wildman–Crippen LogP) is 3.19. The maximum Gasteiger partial charge on any atom is 0.416 e. The van der Waals surface area contributed by atoms with Crippen LogP contribution in [-0.4, -0.2) is 32.8 Å². The molecule has 26 heavy (non-hydrogen) atoms. The summed E-state index contributed by atoms with van der Waals surface area (Å²) in [5.74, 6) is -1.81. The molecule has 0 heterocycles. The quantitative estimate of drug-likeness (QED) is 0.235. The van der Waals surface area contributed by atoms with E-state index in [4.69, 9.17) is 4.74 Å².